The Bertz CT molecular complexity index is 1030. The number of aliphatic carboxylic acids is 1. The summed E-state index contributed by atoms with van der Waals surface area (Å²) in [5.41, 5.74) is 3.63. The highest BCUT2D eigenvalue weighted by atomic mass is 16.6. The highest BCUT2D eigenvalue weighted by molar-refractivity contribution is 5.81. The van der Waals surface area contributed by atoms with Gasteiger partial charge >= 0.3 is 12.2 Å². The van der Waals surface area contributed by atoms with Crippen molar-refractivity contribution in [3.8, 4) is 11.1 Å². The maximum absolute atomic E-state index is 12.9. The van der Waals surface area contributed by atoms with Crippen molar-refractivity contribution < 1.29 is 29.0 Å². The van der Waals surface area contributed by atoms with Crippen molar-refractivity contribution in [2.45, 2.75) is 38.3 Å². The molecule has 0 spiro atoms. The van der Waals surface area contributed by atoms with Gasteiger partial charge in [0.1, 0.15) is 12.2 Å². The van der Waals surface area contributed by atoms with Crippen molar-refractivity contribution >= 4 is 18.2 Å². The summed E-state index contributed by atoms with van der Waals surface area (Å²) in [4.78, 5) is 39.4. The first kappa shape index (κ1) is 22.6. The van der Waals surface area contributed by atoms with Gasteiger partial charge < -0.3 is 24.3 Å². The zero-order valence-electron chi connectivity index (χ0n) is 18.9. The molecule has 2 amide bonds. The lowest BCUT2D eigenvalue weighted by Crippen LogP contribution is -2.62. The number of carbonyl (C=O) groups excluding carboxylic acids is 3. The Kier molecular flexibility index (Phi) is 6.01. The van der Waals surface area contributed by atoms with Crippen LogP contribution in [0.25, 0.3) is 11.1 Å². The van der Waals surface area contributed by atoms with Crippen molar-refractivity contribution in [1.82, 2.24) is 9.80 Å². The van der Waals surface area contributed by atoms with E-state index >= 15 is 0 Å². The number of nitrogens with zero attached hydrogens (tertiary/aromatic N) is 2. The minimum atomic E-state index is -1.45. The molecule has 1 atom stereocenters. The molecule has 0 bridgehead atoms. The van der Waals surface area contributed by atoms with Gasteiger partial charge in [0.25, 0.3) is 0 Å². The van der Waals surface area contributed by atoms with Gasteiger partial charge in [-0.3, -0.25) is 4.90 Å². The molecule has 0 radical (unpaired) electrons. The van der Waals surface area contributed by atoms with Crippen molar-refractivity contribution in [1.29, 1.82) is 0 Å². The number of ether oxygens (including phenoxy) is 2. The van der Waals surface area contributed by atoms with E-state index in [0.717, 1.165) is 27.2 Å². The second kappa shape index (κ2) is 8.77. The Balaban J connectivity index is 1.45. The monoisotopic (exact) mass is 451 g/mol. The van der Waals surface area contributed by atoms with Gasteiger partial charge in [-0.2, -0.15) is 0 Å². The van der Waals surface area contributed by atoms with Gasteiger partial charge in [0.2, 0.25) is 0 Å². The SMILES string of the molecule is CC(C)(C)OC(=O)N1CCN(C(=O)OCC2c3ccccc3-c3ccccc32)[C@@H](C(=O)[O-])C1. The molecule has 174 valence electrons. The number of benzene rings is 2. The van der Waals surface area contributed by atoms with E-state index in [-0.39, 0.29) is 32.2 Å². The lowest BCUT2D eigenvalue weighted by atomic mass is 9.98. The lowest BCUT2D eigenvalue weighted by molar-refractivity contribution is -0.312. The number of carbonyl (C=O) groups is 3. The number of carboxylic acids is 1. The molecule has 4 rings (SSSR count). The van der Waals surface area contributed by atoms with Crippen LogP contribution in [0.2, 0.25) is 0 Å². The molecule has 1 heterocycles. The Hall–Kier alpha value is -3.55. The molecule has 33 heavy (non-hydrogen) atoms. The van der Waals surface area contributed by atoms with Crippen LogP contribution < -0.4 is 5.11 Å². The van der Waals surface area contributed by atoms with Crippen molar-refractivity contribution in [2.24, 2.45) is 0 Å². The normalized spacial score (nSPS) is 17.8. The number of carboxylic acid groups (broad SMARTS) is 1. The molecule has 1 fully saturated rings. The fourth-order valence-electron chi connectivity index (χ4n) is 4.37. The number of hydrogen-bond acceptors (Lipinski definition) is 6. The maximum Gasteiger partial charge on any atom is 0.410 e. The van der Waals surface area contributed by atoms with E-state index in [2.05, 4.69) is 0 Å². The third-order valence-corrected chi connectivity index (χ3v) is 5.87. The van der Waals surface area contributed by atoms with Crippen molar-refractivity contribution in [3.63, 3.8) is 0 Å². The van der Waals surface area contributed by atoms with Crippen LogP contribution in [0.3, 0.4) is 0 Å². The average molecular weight is 451 g/mol. The van der Waals surface area contributed by atoms with Crippen LogP contribution in [0.1, 0.15) is 37.8 Å². The van der Waals surface area contributed by atoms with E-state index in [4.69, 9.17) is 9.47 Å². The molecule has 8 nitrogen and oxygen atoms in total. The summed E-state index contributed by atoms with van der Waals surface area (Å²) in [6, 6.07) is 14.6. The first-order valence-electron chi connectivity index (χ1n) is 11.0. The third-order valence-electron chi connectivity index (χ3n) is 5.87. The summed E-state index contributed by atoms with van der Waals surface area (Å²) in [6.07, 6.45) is -1.36. The Morgan fingerprint density at radius 1 is 0.939 bits per heavy atom. The summed E-state index contributed by atoms with van der Waals surface area (Å²) in [5, 5.41) is 11.8. The number of rotatable bonds is 3. The van der Waals surface area contributed by atoms with Crippen LogP contribution in [-0.4, -0.2) is 65.8 Å². The maximum atomic E-state index is 12.9. The van der Waals surface area contributed by atoms with E-state index in [1.54, 1.807) is 20.8 Å². The van der Waals surface area contributed by atoms with E-state index in [1.165, 1.54) is 4.90 Å². The fourth-order valence-corrected chi connectivity index (χ4v) is 4.37. The van der Waals surface area contributed by atoms with Crippen LogP contribution in [-0.2, 0) is 14.3 Å². The van der Waals surface area contributed by atoms with Crippen LogP contribution in [0.15, 0.2) is 48.5 Å². The predicted molar refractivity (Wildman–Crippen MR) is 118 cm³/mol. The number of piperazine rings is 1. The molecule has 0 aromatic heterocycles. The summed E-state index contributed by atoms with van der Waals surface area (Å²) < 4.78 is 10.9. The molecule has 1 aliphatic carbocycles. The molecule has 2 aromatic carbocycles. The van der Waals surface area contributed by atoms with Gasteiger partial charge in [-0.15, -0.1) is 0 Å². The standard InChI is InChI=1S/C25H28N2O6/c1-25(2,3)33-23(30)26-12-13-27(21(14-26)22(28)29)24(31)32-15-20-18-10-6-4-8-16(18)17-9-5-7-11-19(17)20/h4-11,20-21H,12-15H2,1-3H3,(H,28,29)/p-1/t21-/m1/s1. The van der Waals surface area contributed by atoms with Gasteiger partial charge in [-0.25, -0.2) is 9.59 Å². The molecule has 0 unspecified atom stereocenters. The molecule has 0 saturated carbocycles. The average Bonchev–Trinajstić information content (AvgIpc) is 3.09. The Labute approximate surface area is 192 Å². The minimum Gasteiger partial charge on any atom is -0.548 e. The predicted octanol–water partition coefficient (Wildman–Crippen LogP) is 2.61. The molecular formula is C25H27N2O6-. The number of fused-ring (bicyclic) bond motifs is 3. The molecule has 1 aliphatic heterocycles. The molecular weight excluding hydrogens is 424 g/mol. The second-order valence-electron chi connectivity index (χ2n) is 9.26. The van der Waals surface area contributed by atoms with Gasteiger partial charge in [0.15, 0.2) is 0 Å². The number of amides is 2. The Morgan fingerprint density at radius 2 is 1.52 bits per heavy atom. The quantitative estimate of drug-likeness (QED) is 0.711. The summed E-state index contributed by atoms with van der Waals surface area (Å²) in [7, 11) is 0. The minimum absolute atomic E-state index is 0.00850. The third kappa shape index (κ3) is 4.65. The lowest BCUT2D eigenvalue weighted by Gasteiger charge is -2.41. The topological polar surface area (TPSA) is 99.2 Å². The van der Waals surface area contributed by atoms with Crippen LogP contribution >= 0.6 is 0 Å². The smallest absolute Gasteiger partial charge is 0.410 e. The van der Waals surface area contributed by atoms with Gasteiger partial charge in [0.05, 0.1) is 18.6 Å². The first-order chi connectivity index (χ1) is 15.7. The van der Waals surface area contributed by atoms with Crippen LogP contribution in [0.5, 0.6) is 0 Å². The van der Waals surface area contributed by atoms with E-state index < -0.39 is 29.8 Å². The van der Waals surface area contributed by atoms with E-state index in [9.17, 15) is 19.5 Å². The summed E-state index contributed by atoms with van der Waals surface area (Å²) in [6.45, 7) is 5.20. The summed E-state index contributed by atoms with van der Waals surface area (Å²) >= 11 is 0. The van der Waals surface area contributed by atoms with Crippen molar-refractivity contribution in [3.05, 3.63) is 59.7 Å². The van der Waals surface area contributed by atoms with Gasteiger partial charge in [0, 0.05) is 19.0 Å². The molecule has 2 aromatic rings. The zero-order chi connectivity index (χ0) is 23.8. The highest BCUT2D eigenvalue weighted by Crippen LogP contribution is 2.44. The van der Waals surface area contributed by atoms with Gasteiger partial charge in [-0.1, -0.05) is 48.5 Å². The van der Waals surface area contributed by atoms with Gasteiger partial charge in [-0.05, 0) is 43.0 Å². The molecule has 8 heteroatoms. The fraction of sp³-hybridized carbons (Fsp3) is 0.400. The van der Waals surface area contributed by atoms with Crippen LogP contribution in [0.4, 0.5) is 9.59 Å². The van der Waals surface area contributed by atoms with E-state index in [1.807, 2.05) is 48.5 Å². The molecule has 2 aliphatic rings. The van der Waals surface area contributed by atoms with E-state index in [0.29, 0.717) is 0 Å². The first-order valence-corrected chi connectivity index (χ1v) is 11.0. The molecule has 1 saturated heterocycles. The molecule has 0 N–H and O–H groups in total. The van der Waals surface area contributed by atoms with Crippen molar-refractivity contribution in [2.75, 3.05) is 26.2 Å². The second-order valence-corrected chi connectivity index (χ2v) is 9.26. The highest BCUT2D eigenvalue weighted by Gasteiger charge is 2.37. The summed E-state index contributed by atoms with van der Waals surface area (Å²) in [5.74, 6) is -1.58. The van der Waals surface area contributed by atoms with Crippen LogP contribution in [0, 0.1) is 0 Å². The zero-order valence-corrected chi connectivity index (χ0v) is 18.9. The number of hydrogen-bond donors (Lipinski definition) is 0. The largest absolute Gasteiger partial charge is 0.548 e. The Morgan fingerprint density at radius 3 is 2.06 bits per heavy atom.